The summed E-state index contributed by atoms with van der Waals surface area (Å²) in [6.07, 6.45) is 2.77. The normalized spacial score (nSPS) is 11.3. The highest BCUT2D eigenvalue weighted by Crippen LogP contribution is 2.10. The molecule has 0 aliphatic rings. The second kappa shape index (κ2) is 5.96. The molecular formula is C13H16N4O3S. The van der Waals surface area contributed by atoms with Gasteiger partial charge in [0.1, 0.15) is 12.4 Å². The zero-order valence-electron chi connectivity index (χ0n) is 11.5. The van der Waals surface area contributed by atoms with Crippen LogP contribution in [0.15, 0.2) is 41.4 Å². The van der Waals surface area contributed by atoms with Crippen molar-refractivity contribution in [2.75, 3.05) is 12.0 Å². The van der Waals surface area contributed by atoms with Gasteiger partial charge in [0.15, 0.2) is 9.84 Å². The van der Waals surface area contributed by atoms with Gasteiger partial charge < -0.3 is 11.1 Å². The van der Waals surface area contributed by atoms with E-state index in [-0.39, 0.29) is 17.3 Å². The first-order valence-electron chi connectivity index (χ1n) is 6.19. The molecule has 112 valence electrons. The van der Waals surface area contributed by atoms with Gasteiger partial charge in [-0.3, -0.25) is 9.48 Å². The van der Waals surface area contributed by atoms with Gasteiger partial charge in [-0.1, -0.05) is 12.1 Å². The number of nitrogen functional groups attached to an aromatic ring is 1. The molecule has 1 heterocycles. The fraction of sp³-hybridized carbons (Fsp3) is 0.231. The number of anilines is 1. The lowest BCUT2D eigenvalue weighted by Gasteiger charge is -2.06. The number of rotatable bonds is 5. The molecule has 0 aliphatic carbocycles. The van der Waals surface area contributed by atoms with Crippen molar-refractivity contribution in [2.24, 2.45) is 0 Å². The summed E-state index contributed by atoms with van der Waals surface area (Å²) >= 11 is 0. The minimum Gasteiger partial charge on any atom is -0.382 e. The van der Waals surface area contributed by atoms with Crippen LogP contribution in [0.5, 0.6) is 0 Å². The van der Waals surface area contributed by atoms with Gasteiger partial charge in [-0.15, -0.1) is 0 Å². The molecule has 1 aromatic carbocycles. The van der Waals surface area contributed by atoms with E-state index in [0.29, 0.717) is 12.4 Å². The molecule has 0 fully saturated rings. The molecule has 21 heavy (non-hydrogen) atoms. The van der Waals surface area contributed by atoms with Crippen LogP contribution >= 0.6 is 0 Å². The Morgan fingerprint density at radius 2 is 1.95 bits per heavy atom. The van der Waals surface area contributed by atoms with E-state index in [1.54, 1.807) is 24.4 Å². The molecule has 1 amide bonds. The van der Waals surface area contributed by atoms with Crippen molar-refractivity contribution in [1.82, 2.24) is 15.1 Å². The van der Waals surface area contributed by atoms with Crippen molar-refractivity contribution in [2.45, 2.75) is 18.0 Å². The van der Waals surface area contributed by atoms with Gasteiger partial charge in [-0.2, -0.15) is 5.10 Å². The molecule has 0 atom stereocenters. The summed E-state index contributed by atoms with van der Waals surface area (Å²) in [7, 11) is -3.20. The van der Waals surface area contributed by atoms with Gasteiger partial charge in [0.05, 0.1) is 4.90 Å². The lowest BCUT2D eigenvalue weighted by molar-refractivity contribution is -0.122. The van der Waals surface area contributed by atoms with Crippen molar-refractivity contribution < 1.29 is 13.2 Å². The Morgan fingerprint density at radius 3 is 2.48 bits per heavy atom. The minimum atomic E-state index is -3.20. The Morgan fingerprint density at radius 1 is 1.29 bits per heavy atom. The van der Waals surface area contributed by atoms with Crippen LogP contribution in [0.4, 0.5) is 5.82 Å². The average molecular weight is 308 g/mol. The van der Waals surface area contributed by atoms with Crippen LogP contribution in [0.3, 0.4) is 0 Å². The Kier molecular flexibility index (Phi) is 4.27. The predicted molar refractivity (Wildman–Crippen MR) is 78.0 cm³/mol. The number of carbonyl (C=O) groups is 1. The number of nitrogens with two attached hydrogens (primary N) is 1. The second-order valence-corrected chi connectivity index (χ2v) is 6.65. The van der Waals surface area contributed by atoms with Crippen LogP contribution in [-0.2, 0) is 27.7 Å². The Labute approximate surface area is 122 Å². The number of nitrogens with zero attached hydrogens (tertiary/aromatic N) is 2. The summed E-state index contributed by atoms with van der Waals surface area (Å²) in [5.41, 5.74) is 6.27. The standard InChI is InChI=1S/C13H16N4O3S/c1-21(19,20)11-4-2-10(3-5-11)8-15-13(18)9-17-7-6-12(14)16-17/h2-7H,8-9H2,1H3,(H2,14,16)(H,15,18). The van der Waals surface area contributed by atoms with Crippen LogP contribution in [0, 0.1) is 0 Å². The first-order valence-corrected chi connectivity index (χ1v) is 8.08. The maximum Gasteiger partial charge on any atom is 0.241 e. The smallest absolute Gasteiger partial charge is 0.241 e. The van der Waals surface area contributed by atoms with Crippen molar-refractivity contribution in [3.05, 3.63) is 42.1 Å². The van der Waals surface area contributed by atoms with Gasteiger partial charge in [0, 0.05) is 19.0 Å². The minimum absolute atomic E-state index is 0.0820. The molecule has 2 aromatic rings. The van der Waals surface area contributed by atoms with Crippen LogP contribution in [0.1, 0.15) is 5.56 Å². The first kappa shape index (κ1) is 15.0. The topological polar surface area (TPSA) is 107 Å². The molecule has 2 rings (SSSR count). The van der Waals surface area contributed by atoms with Crippen LogP contribution in [-0.4, -0.2) is 30.4 Å². The molecule has 3 N–H and O–H groups in total. The third-order valence-corrected chi connectivity index (χ3v) is 3.94. The fourth-order valence-electron chi connectivity index (χ4n) is 1.72. The van der Waals surface area contributed by atoms with E-state index in [1.165, 1.54) is 16.8 Å². The molecule has 0 saturated heterocycles. The molecule has 0 saturated carbocycles. The number of benzene rings is 1. The van der Waals surface area contributed by atoms with Crippen molar-refractivity contribution in [1.29, 1.82) is 0 Å². The van der Waals surface area contributed by atoms with Crippen LogP contribution in [0.25, 0.3) is 0 Å². The summed E-state index contributed by atoms with van der Waals surface area (Å²) in [4.78, 5) is 12.0. The highest BCUT2D eigenvalue weighted by Gasteiger charge is 2.07. The highest BCUT2D eigenvalue weighted by molar-refractivity contribution is 7.90. The van der Waals surface area contributed by atoms with E-state index in [4.69, 9.17) is 5.73 Å². The number of hydrogen-bond acceptors (Lipinski definition) is 5. The number of aromatic nitrogens is 2. The summed E-state index contributed by atoms with van der Waals surface area (Å²) in [6.45, 7) is 0.401. The largest absolute Gasteiger partial charge is 0.382 e. The third kappa shape index (κ3) is 4.32. The number of carbonyl (C=O) groups excluding carboxylic acids is 1. The lowest BCUT2D eigenvalue weighted by atomic mass is 10.2. The summed E-state index contributed by atoms with van der Waals surface area (Å²) in [6, 6.07) is 7.98. The summed E-state index contributed by atoms with van der Waals surface area (Å²) in [5.74, 6) is 0.157. The van der Waals surface area contributed by atoms with Crippen LogP contribution < -0.4 is 11.1 Å². The summed E-state index contributed by atoms with van der Waals surface area (Å²) in [5, 5.41) is 6.64. The zero-order chi connectivity index (χ0) is 15.5. The maximum absolute atomic E-state index is 11.7. The molecule has 0 radical (unpaired) electrons. The Bertz CT molecular complexity index is 735. The van der Waals surface area contributed by atoms with Crippen molar-refractivity contribution >= 4 is 21.6 Å². The molecule has 8 heteroatoms. The van der Waals surface area contributed by atoms with Crippen LogP contribution in [0.2, 0.25) is 0 Å². The number of hydrogen-bond donors (Lipinski definition) is 2. The van der Waals surface area contributed by atoms with Crippen molar-refractivity contribution in [3.8, 4) is 0 Å². The molecule has 0 spiro atoms. The molecule has 1 aromatic heterocycles. The average Bonchev–Trinajstić information content (AvgIpc) is 2.81. The van der Waals surface area contributed by atoms with E-state index in [0.717, 1.165) is 11.8 Å². The lowest BCUT2D eigenvalue weighted by Crippen LogP contribution is -2.27. The van der Waals surface area contributed by atoms with E-state index < -0.39 is 9.84 Å². The van der Waals surface area contributed by atoms with E-state index in [9.17, 15) is 13.2 Å². The van der Waals surface area contributed by atoms with Gasteiger partial charge in [-0.05, 0) is 23.8 Å². The molecule has 0 unspecified atom stereocenters. The molecule has 0 bridgehead atoms. The molecule has 7 nitrogen and oxygen atoms in total. The second-order valence-electron chi connectivity index (χ2n) is 4.63. The number of nitrogens with one attached hydrogen (secondary N) is 1. The maximum atomic E-state index is 11.7. The first-order chi connectivity index (χ1) is 9.84. The number of amides is 1. The van der Waals surface area contributed by atoms with Gasteiger partial charge in [-0.25, -0.2) is 8.42 Å². The van der Waals surface area contributed by atoms with Gasteiger partial charge in [0.2, 0.25) is 5.91 Å². The highest BCUT2D eigenvalue weighted by atomic mass is 32.2. The fourth-order valence-corrected chi connectivity index (χ4v) is 2.35. The third-order valence-electron chi connectivity index (χ3n) is 2.81. The molecular weight excluding hydrogens is 292 g/mol. The van der Waals surface area contributed by atoms with E-state index >= 15 is 0 Å². The van der Waals surface area contributed by atoms with Gasteiger partial charge in [0.25, 0.3) is 0 Å². The Hall–Kier alpha value is -2.35. The summed E-state index contributed by atoms with van der Waals surface area (Å²) < 4.78 is 24.1. The SMILES string of the molecule is CS(=O)(=O)c1ccc(CNC(=O)Cn2ccc(N)n2)cc1. The number of sulfone groups is 1. The predicted octanol–water partition coefficient (Wildman–Crippen LogP) is 0.185. The molecule has 0 aliphatic heterocycles. The quantitative estimate of drug-likeness (QED) is 0.819. The van der Waals surface area contributed by atoms with E-state index in [2.05, 4.69) is 10.4 Å². The zero-order valence-corrected chi connectivity index (χ0v) is 12.3. The van der Waals surface area contributed by atoms with Crippen molar-refractivity contribution in [3.63, 3.8) is 0 Å². The van der Waals surface area contributed by atoms with Gasteiger partial charge >= 0.3 is 0 Å². The van der Waals surface area contributed by atoms with E-state index in [1.807, 2.05) is 0 Å². The Balaban J connectivity index is 1.89. The monoisotopic (exact) mass is 308 g/mol.